The first-order valence-electron chi connectivity index (χ1n) is 10.2. The highest BCUT2D eigenvalue weighted by atomic mass is 16.1. The zero-order valence-electron chi connectivity index (χ0n) is 16.9. The van der Waals surface area contributed by atoms with Crippen LogP contribution in [0.25, 0.3) is 16.7 Å². The van der Waals surface area contributed by atoms with E-state index in [2.05, 4.69) is 71.7 Å². The lowest BCUT2D eigenvalue weighted by Crippen LogP contribution is -2.67. The number of primary amides is 1. The van der Waals surface area contributed by atoms with Crippen molar-refractivity contribution in [3.63, 3.8) is 0 Å². The predicted octanol–water partition coefficient (Wildman–Crippen LogP) is 4.10. The lowest BCUT2D eigenvalue weighted by atomic mass is 9.99. The van der Waals surface area contributed by atoms with Gasteiger partial charge in [-0.05, 0) is 46.0 Å². The minimum Gasteiger partial charge on any atom is -0.365 e. The lowest BCUT2D eigenvalue weighted by molar-refractivity contribution is -0.352. The van der Waals surface area contributed by atoms with Crippen molar-refractivity contribution in [3.05, 3.63) is 131 Å². The van der Waals surface area contributed by atoms with Gasteiger partial charge in [0.25, 0.3) is 5.91 Å². The summed E-state index contributed by atoms with van der Waals surface area (Å²) in [5.41, 5.74) is 14.7. The second-order valence-electron chi connectivity index (χ2n) is 7.46. The SMILES string of the molecule is NC(=O)c1ccccc1[NH+]=C(C=C1c2ccccc2-c2ccccc21)c1ccccc1. The summed E-state index contributed by atoms with van der Waals surface area (Å²) in [5.74, 6) is -0.459. The molecular weight excluding hydrogens is 380 g/mol. The Morgan fingerprint density at radius 1 is 0.645 bits per heavy atom. The Morgan fingerprint density at radius 3 is 1.77 bits per heavy atom. The zero-order chi connectivity index (χ0) is 21.2. The Balaban J connectivity index is 1.75. The Morgan fingerprint density at radius 2 is 1.16 bits per heavy atom. The molecule has 148 valence electrons. The molecule has 3 N–H and O–H groups in total. The van der Waals surface area contributed by atoms with E-state index in [-0.39, 0.29) is 0 Å². The molecule has 3 heteroatoms. The summed E-state index contributed by atoms with van der Waals surface area (Å²) < 4.78 is 0. The topological polar surface area (TPSA) is 57.1 Å². The van der Waals surface area contributed by atoms with Crippen LogP contribution >= 0.6 is 0 Å². The van der Waals surface area contributed by atoms with Crippen LogP contribution in [0.3, 0.4) is 0 Å². The molecular formula is C28H21N2O+. The van der Waals surface area contributed by atoms with Gasteiger partial charge in [-0.3, -0.25) is 4.79 Å². The number of rotatable bonds is 4. The maximum Gasteiger partial charge on any atom is 0.255 e. The minimum atomic E-state index is -0.459. The number of nitrogens with two attached hydrogens (primary N) is 1. The van der Waals surface area contributed by atoms with Crippen molar-refractivity contribution in [1.29, 1.82) is 0 Å². The minimum absolute atomic E-state index is 0.459. The molecule has 0 fully saturated rings. The first-order valence-corrected chi connectivity index (χ1v) is 10.2. The largest absolute Gasteiger partial charge is 0.365 e. The molecule has 0 heterocycles. The number of benzene rings is 4. The van der Waals surface area contributed by atoms with Crippen LogP contribution in [0.15, 0.2) is 109 Å². The maximum atomic E-state index is 12.0. The van der Waals surface area contributed by atoms with E-state index >= 15 is 0 Å². The third-order valence-corrected chi connectivity index (χ3v) is 5.56. The van der Waals surface area contributed by atoms with E-state index in [0.717, 1.165) is 16.8 Å². The summed E-state index contributed by atoms with van der Waals surface area (Å²) in [4.78, 5) is 15.4. The number of allylic oxidation sites excluding steroid dienone is 1. The van der Waals surface area contributed by atoms with Crippen LogP contribution in [0.5, 0.6) is 0 Å². The quantitative estimate of drug-likeness (QED) is 0.438. The van der Waals surface area contributed by atoms with Gasteiger partial charge in [0.05, 0.1) is 0 Å². The standard InChI is InChI=1S/C28H20N2O/c29-28(31)24-16-8-9-17-26(24)30-27(19-10-2-1-3-11-19)18-25-22-14-6-4-12-20(22)21-13-5-7-15-23(21)25/h1-18H,(H2,29,31)/p+1. The van der Waals surface area contributed by atoms with Gasteiger partial charge < -0.3 is 5.73 Å². The molecule has 0 saturated heterocycles. The smallest absolute Gasteiger partial charge is 0.255 e. The van der Waals surface area contributed by atoms with Gasteiger partial charge in [0.2, 0.25) is 11.4 Å². The van der Waals surface area contributed by atoms with Gasteiger partial charge in [0.15, 0.2) is 0 Å². The molecule has 1 aliphatic carbocycles. The van der Waals surface area contributed by atoms with Crippen molar-refractivity contribution in [2.45, 2.75) is 0 Å². The molecule has 0 spiro atoms. The molecule has 0 radical (unpaired) electrons. The van der Waals surface area contributed by atoms with Gasteiger partial charge in [-0.2, -0.15) is 0 Å². The van der Waals surface area contributed by atoms with Crippen LogP contribution in [-0.4, -0.2) is 11.6 Å². The van der Waals surface area contributed by atoms with Crippen molar-refractivity contribution in [1.82, 2.24) is 0 Å². The molecule has 0 aliphatic heterocycles. The fourth-order valence-corrected chi connectivity index (χ4v) is 4.11. The highest BCUT2D eigenvalue weighted by Gasteiger charge is 2.24. The summed E-state index contributed by atoms with van der Waals surface area (Å²) in [6, 6.07) is 34.3. The molecule has 0 aromatic heterocycles. The van der Waals surface area contributed by atoms with Gasteiger partial charge in [-0.1, -0.05) is 78.9 Å². The fraction of sp³-hybridized carbons (Fsp3) is 0. The van der Waals surface area contributed by atoms with Crippen LogP contribution in [-0.2, 0) is 0 Å². The lowest BCUT2D eigenvalue weighted by Gasteiger charge is -2.04. The number of hydrogen-bond acceptors (Lipinski definition) is 1. The molecule has 1 amide bonds. The number of nitrogens with one attached hydrogen (secondary N) is 1. The number of para-hydroxylation sites is 1. The molecule has 4 aromatic rings. The summed E-state index contributed by atoms with van der Waals surface area (Å²) in [7, 11) is 0. The van der Waals surface area contributed by atoms with E-state index in [1.807, 2.05) is 36.4 Å². The summed E-state index contributed by atoms with van der Waals surface area (Å²) in [6.45, 7) is 0. The average Bonchev–Trinajstić information content (AvgIpc) is 3.13. The Hall–Kier alpha value is -4.24. The first-order chi connectivity index (χ1) is 15.2. The summed E-state index contributed by atoms with van der Waals surface area (Å²) >= 11 is 0. The molecule has 0 saturated carbocycles. The van der Waals surface area contributed by atoms with Crippen LogP contribution in [0.2, 0.25) is 0 Å². The van der Waals surface area contributed by atoms with Crippen LogP contribution in [0.1, 0.15) is 27.0 Å². The predicted molar refractivity (Wildman–Crippen MR) is 125 cm³/mol. The number of amides is 1. The van der Waals surface area contributed by atoms with Gasteiger partial charge in [-0.25, -0.2) is 4.99 Å². The highest BCUT2D eigenvalue weighted by Crippen LogP contribution is 2.43. The normalized spacial score (nSPS) is 12.3. The van der Waals surface area contributed by atoms with Crippen LogP contribution in [0, 0.1) is 0 Å². The van der Waals surface area contributed by atoms with Gasteiger partial charge in [0, 0.05) is 17.7 Å². The fourth-order valence-electron chi connectivity index (χ4n) is 4.11. The number of carbonyl (C=O) groups excluding carboxylic acids is 1. The van der Waals surface area contributed by atoms with Crippen LogP contribution < -0.4 is 10.7 Å². The number of carbonyl (C=O) groups is 1. The van der Waals surface area contributed by atoms with Gasteiger partial charge in [-0.15, -0.1) is 0 Å². The van der Waals surface area contributed by atoms with E-state index in [0.29, 0.717) is 11.3 Å². The summed E-state index contributed by atoms with van der Waals surface area (Å²) in [6.07, 6.45) is 2.16. The Kier molecular flexibility index (Phi) is 4.77. The van der Waals surface area contributed by atoms with Crippen molar-refractivity contribution < 1.29 is 9.79 Å². The molecule has 5 rings (SSSR count). The average molecular weight is 401 g/mol. The van der Waals surface area contributed by atoms with Gasteiger partial charge in [0.1, 0.15) is 5.56 Å². The maximum absolute atomic E-state index is 12.0. The second-order valence-corrected chi connectivity index (χ2v) is 7.46. The zero-order valence-corrected chi connectivity index (χ0v) is 16.9. The monoisotopic (exact) mass is 401 g/mol. The Bertz CT molecular complexity index is 1300. The number of hydrogen-bond donors (Lipinski definition) is 2. The van der Waals surface area contributed by atoms with E-state index in [1.165, 1.54) is 22.3 Å². The molecule has 0 bridgehead atoms. The van der Waals surface area contributed by atoms with E-state index in [4.69, 9.17) is 5.73 Å². The highest BCUT2D eigenvalue weighted by molar-refractivity contribution is 6.14. The molecule has 4 aromatic carbocycles. The van der Waals surface area contributed by atoms with E-state index in [1.54, 1.807) is 6.07 Å². The van der Waals surface area contributed by atoms with Crippen molar-refractivity contribution >= 4 is 22.9 Å². The Labute approximate surface area is 181 Å². The van der Waals surface area contributed by atoms with Crippen molar-refractivity contribution in [2.75, 3.05) is 0 Å². The van der Waals surface area contributed by atoms with Gasteiger partial charge >= 0.3 is 0 Å². The molecule has 0 unspecified atom stereocenters. The third-order valence-electron chi connectivity index (χ3n) is 5.56. The van der Waals surface area contributed by atoms with Crippen LogP contribution in [0.4, 0.5) is 5.69 Å². The third kappa shape index (κ3) is 3.47. The molecule has 31 heavy (non-hydrogen) atoms. The first kappa shape index (κ1) is 18.8. The van der Waals surface area contributed by atoms with Crippen molar-refractivity contribution in [3.8, 4) is 11.1 Å². The molecule has 3 nitrogen and oxygen atoms in total. The van der Waals surface area contributed by atoms with Crippen molar-refractivity contribution in [2.24, 2.45) is 5.73 Å². The summed E-state index contributed by atoms with van der Waals surface area (Å²) in [5, 5.41) is 0. The second kappa shape index (κ2) is 7.88. The van der Waals surface area contributed by atoms with E-state index < -0.39 is 5.91 Å². The molecule has 0 atom stereocenters. The van der Waals surface area contributed by atoms with E-state index in [9.17, 15) is 4.79 Å². The molecule has 1 aliphatic rings. The number of fused-ring (bicyclic) bond motifs is 3.